The third kappa shape index (κ3) is 2.81. The normalized spacial score (nSPS) is 10.1. The smallest absolute Gasteiger partial charge is 0.337 e. The zero-order chi connectivity index (χ0) is 14.7. The number of rotatable bonds is 3. The third-order valence-electron chi connectivity index (χ3n) is 2.84. The van der Waals surface area contributed by atoms with Crippen LogP contribution >= 0.6 is 11.6 Å². The van der Waals surface area contributed by atoms with Gasteiger partial charge in [0.05, 0.1) is 23.3 Å². The van der Waals surface area contributed by atoms with Gasteiger partial charge in [0.2, 0.25) is 0 Å². The molecule has 0 saturated carbocycles. The van der Waals surface area contributed by atoms with E-state index in [0.29, 0.717) is 11.1 Å². The van der Waals surface area contributed by atoms with Crippen LogP contribution in [0.2, 0.25) is 5.02 Å². The zero-order valence-electron chi connectivity index (χ0n) is 10.6. The molecule has 0 saturated heterocycles. The Balaban J connectivity index is 2.39. The fourth-order valence-electron chi connectivity index (χ4n) is 1.79. The predicted molar refractivity (Wildman–Crippen MR) is 75.2 cm³/mol. The fourth-order valence-corrected chi connectivity index (χ4v) is 1.98. The molecule has 2 aromatic carbocycles. The van der Waals surface area contributed by atoms with E-state index in [1.165, 1.54) is 19.2 Å². The number of benzene rings is 2. The van der Waals surface area contributed by atoms with E-state index in [9.17, 15) is 9.59 Å². The minimum atomic E-state index is -1.08. The topological polar surface area (TPSA) is 63.6 Å². The minimum Gasteiger partial charge on any atom is -0.478 e. The zero-order valence-corrected chi connectivity index (χ0v) is 11.3. The highest BCUT2D eigenvalue weighted by atomic mass is 35.5. The number of esters is 1. The van der Waals surface area contributed by atoms with Crippen molar-refractivity contribution in [2.45, 2.75) is 0 Å². The largest absolute Gasteiger partial charge is 0.478 e. The molecule has 0 aliphatic carbocycles. The standard InChI is InChI=1S/C15H11ClO4/c1-20-15(19)10-4-2-9(3-5-10)11-6-7-13(16)12(8-11)14(17)18/h2-8H,1H3,(H,17,18). The van der Waals surface area contributed by atoms with Crippen molar-refractivity contribution < 1.29 is 19.4 Å². The average molecular weight is 291 g/mol. The van der Waals surface area contributed by atoms with Crippen molar-refractivity contribution in [2.24, 2.45) is 0 Å². The average Bonchev–Trinajstić information content (AvgIpc) is 2.47. The SMILES string of the molecule is COC(=O)c1ccc(-c2ccc(Cl)c(C(=O)O)c2)cc1. The Morgan fingerprint density at radius 2 is 1.65 bits per heavy atom. The first kappa shape index (κ1) is 14.1. The van der Waals surface area contributed by atoms with Gasteiger partial charge in [0.25, 0.3) is 0 Å². The summed E-state index contributed by atoms with van der Waals surface area (Å²) in [5.41, 5.74) is 1.98. The van der Waals surface area contributed by atoms with Crippen LogP contribution in [0.25, 0.3) is 11.1 Å². The minimum absolute atomic E-state index is 0.0428. The number of carboxylic acid groups (broad SMARTS) is 1. The summed E-state index contributed by atoms with van der Waals surface area (Å²) >= 11 is 5.82. The molecule has 0 amide bonds. The van der Waals surface area contributed by atoms with Crippen LogP contribution < -0.4 is 0 Å². The summed E-state index contributed by atoms with van der Waals surface area (Å²) < 4.78 is 4.61. The van der Waals surface area contributed by atoms with Crippen LogP contribution in [0.5, 0.6) is 0 Å². The summed E-state index contributed by atoms with van der Waals surface area (Å²) in [5, 5.41) is 9.23. The van der Waals surface area contributed by atoms with E-state index in [1.54, 1.807) is 30.3 Å². The molecule has 0 aliphatic heterocycles. The molecule has 0 fully saturated rings. The number of carbonyl (C=O) groups is 2. The predicted octanol–water partition coefficient (Wildman–Crippen LogP) is 3.49. The van der Waals surface area contributed by atoms with E-state index in [2.05, 4.69) is 4.74 Å². The second-order valence-corrected chi connectivity index (χ2v) is 4.48. The highest BCUT2D eigenvalue weighted by molar-refractivity contribution is 6.33. The van der Waals surface area contributed by atoms with Gasteiger partial charge in [-0.2, -0.15) is 0 Å². The number of hydrogen-bond donors (Lipinski definition) is 1. The molecule has 0 spiro atoms. The molecule has 0 aromatic heterocycles. The molecular weight excluding hydrogens is 280 g/mol. The molecule has 5 heteroatoms. The third-order valence-corrected chi connectivity index (χ3v) is 3.17. The summed E-state index contributed by atoms with van der Waals surface area (Å²) in [7, 11) is 1.31. The lowest BCUT2D eigenvalue weighted by atomic mass is 10.0. The van der Waals surface area contributed by atoms with Crippen LogP contribution in [0.15, 0.2) is 42.5 Å². The highest BCUT2D eigenvalue weighted by Gasteiger charge is 2.11. The summed E-state index contributed by atoms with van der Waals surface area (Å²) in [6.07, 6.45) is 0. The number of carbonyl (C=O) groups excluding carboxylic acids is 1. The van der Waals surface area contributed by atoms with Crippen molar-refractivity contribution in [2.75, 3.05) is 7.11 Å². The Morgan fingerprint density at radius 1 is 1.05 bits per heavy atom. The van der Waals surface area contributed by atoms with Gasteiger partial charge in [-0.1, -0.05) is 29.8 Å². The van der Waals surface area contributed by atoms with Crippen LogP contribution in [-0.4, -0.2) is 24.2 Å². The first-order valence-corrected chi connectivity index (χ1v) is 6.12. The van der Waals surface area contributed by atoms with Gasteiger partial charge in [0.15, 0.2) is 0 Å². The van der Waals surface area contributed by atoms with Gasteiger partial charge in [-0.25, -0.2) is 9.59 Å². The van der Waals surface area contributed by atoms with Crippen molar-refractivity contribution in [1.29, 1.82) is 0 Å². The van der Waals surface area contributed by atoms with Gasteiger partial charge in [0.1, 0.15) is 0 Å². The number of aromatic carboxylic acids is 1. The van der Waals surface area contributed by atoms with E-state index in [0.717, 1.165) is 5.56 Å². The summed E-state index contributed by atoms with van der Waals surface area (Å²) in [6.45, 7) is 0. The number of hydrogen-bond acceptors (Lipinski definition) is 3. The van der Waals surface area contributed by atoms with E-state index in [1.807, 2.05) is 0 Å². The summed E-state index contributed by atoms with van der Waals surface area (Å²) in [5.74, 6) is -1.50. The highest BCUT2D eigenvalue weighted by Crippen LogP contribution is 2.25. The van der Waals surface area contributed by atoms with Crippen molar-refractivity contribution in [1.82, 2.24) is 0 Å². The molecule has 4 nitrogen and oxygen atoms in total. The van der Waals surface area contributed by atoms with Crippen LogP contribution in [0, 0.1) is 0 Å². The Morgan fingerprint density at radius 3 is 2.20 bits per heavy atom. The van der Waals surface area contributed by atoms with Crippen molar-refractivity contribution in [3.63, 3.8) is 0 Å². The van der Waals surface area contributed by atoms with Gasteiger partial charge in [-0.05, 0) is 35.4 Å². The van der Waals surface area contributed by atoms with Crippen molar-refractivity contribution in [3.8, 4) is 11.1 Å². The van der Waals surface area contributed by atoms with Crippen LogP contribution in [0.3, 0.4) is 0 Å². The molecule has 0 bridgehead atoms. The molecule has 0 heterocycles. The summed E-state index contributed by atoms with van der Waals surface area (Å²) in [4.78, 5) is 22.4. The van der Waals surface area contributed by atoms with Gasteiger partial charge in [0, 0.05) is 0 Å². The van der Waals surface area contributed by atoms with Crippen LogP contribution in [0.1, 0.15) is 20.7 Å². The van der Waals surface area contributed by atoms with Crippen molar-refractivity contribution >= 4 is 23.5 Å². The Kier molecular flexibility index (Phi) is 4.05. The molecule has 2 rings (SSSR count). The quantitative estimate of drug-likeness (QED) is 0.879. The molecule has 2 aromatic rings. The first-order valence-electron chi connectivity index (χ1n) is 5.74. The lowest BCUT2D eigenvalue weighted by Gasteiger charge is -2.06. The molecule has 102 valence electrons. The van der Waals surface area contributed by atoms with E-state index in [4.69, 9.17) is 16.7 Å². The van der Waals surface area contributed by atoms with Gasteiger partial charge in [-0.15, -0.1) is 0 Å². The monoisotopic (exact) mass is 290 g/mol. The number of methoxy groups -OCH3 is 1. The van der Waals surface area contributed by atoms with E-state index in [-0.39, 0.29) is 10.6 Å². The van der Waals surface area contributed by atoms with Crippen LogP contribution in [0.4, 0.5) is 0 Å². The van der Waals surface area contributed by atoms with Gasteiger partial charge in [-0.3, -0.25) is 0 Å². The first-order chi connectivity index (χ1) is 9.52. The van der Waals surface area contributed by atoms with Crippen molar-refractivity contribution in [3.05, 3.63) is 58.6 Å². The van der Waals surface area contributed by atoms with E-state index < -0.39 is 11.9 Å². The molecule has 0 unspecified atom stereocenters. The lowest BCUT2D eigenvalue weighted by Crippen LogP contribution is -2.00. The Hall–Kier alpha value is -2.33. The molecule has 1 N–H and O–H groups in total. The molecule has 0 radical (unpaired) electrons. The lowest BCUT2D eigenvalue weighted by molar-refractivity contribution is 0.0600. The molecule has 0 atom stereocenters. The van der Waals surface area contributed by atoms with Gasteiger partial charge >= 0.3 is 11.9 Å². The number of ether oxygens (including phenoxy) is 1. The number of carboxylic acids is 1. The maximum absolute atomic E-state index is 11.3. The maximum atomic E-state index is 11.3. The summed E-state index contributed by atoms with van der Waals surface area (Å²) in [6, 6.07) is 11.4. The maximum Gasteiger partial charge on any atom is 0.337 e. The molecule has 20 heavy (non-hydrogen) atoms. The molecule has 0 aliphatic rings. The fraction of sp³-hybridized carbons (Fsp3) is 0.0667. The second-order valence-electron chi connectivity index (χ2n) is 4.07. The van der Waals surface area contributed by atoms with Gasteiger partial charge < -0.3 is 9.84 Å². The second kappa shape index (κ2) is 5.75. The Labute approximate surface area is 120 Å². The molecular formula is C15H11ClO4. The Bertz CT molecular complexity index is 662. The van der Waals surface area contributed by atoms with Crippen LogP contribution in [-0.2, 0) is 4.74 Å². The van der Waals surface area contributed by atoms with E-state index >= 15 is 0 Å². The number of halogens is 1.